The first-order valence-corrected chi connectivity index (χ1v) is 2.08. The third-order valence-electron chi connectivity index (χ3n) is 0.398. The minimum absolute atomic E-state index is 0.181. The van der Waals surface area contributed by atoms with E-state index in [0.29, 0.717) is 0 Å². The van der Waals surface area contributed by atoms with E-state index in [2.05, 4.69) is 24.4 Å². The highest BCUT2D eigenvalue weighted by molar-refractivity contribution is 3.79. The monoisotopic (exact) mass is 140 g/mol. The minimum atomic E-state index is -0.368. The zero-order valence-corrected chi connectivity index (χ0v) is 4.90. The molecule has 0 fully saturated rings. The topological polar surface area (TPSA) is 66.4 Å². The molecule has 0 bridgehead atoms. The fourth-order valence-corrected chi connectivity index (χ4v) is 0.157. The lowest BCUT2D eigenvalue weighted by Crippen LogP contribution is -2.02. The fourth-order valence-electron chi connectivity index (χ4n) is 0.157. The molecule has 0 aliphatic carbocycles. The molecule has 0 amide bonds. The van der Waals surface area contributed by atoms with Crippen LogP contribution >= 0.6 is 0 Å². The molecule has 0 aliphatic heterocycles. The third-order valence-corrected chi connectivity index (χ3v) is 0.398. The van der Waals surface area contributed by atoms with E-state index >= 15 is 0 Å². The maximum atomic E-state index is 7.65. The SMILES string of the molecule is COOCOOCOO. The summed E-state index contributed by atoms with van der Waals surface area (Å²) in [5.74, 6) is 0. The van der Waals surface area contributed by atoms with Crippen molar-refractivity contribution in [2.45, 2.75) is 0 Å². The molecular weight excluding hydrogens is 132 g/mol. The molecule has 0 unspecified atom stereocenters. The minimum Gasteiger partial charge on any atom is -0.249 e. The second-order valence-corrected chi connectivity index (χ2v) is 0.885. The third kappa shape index (κ3) is 7.76. The number of hydrogen-bond donors (Lipinski definition) is 1. The molecule has 0 radical (unpaired) electrons. The first-order chi connectivity index (χ1) is 4.41. The first-order valence-electron chi connectivity index (χ1n) is 2.08. The van der Waals surface area contributed by atoms with Crippen molar-refractivity contribution in [2.24, 2.45) is 0 Å². The van der Waals surface area contributed by atoms with Gasteiger partial charge >= 0.3 is 0 Å². The fraction of sp³-hybridized carbons (Fsp3) is 1.00. The van der Waals surface area contributed by atoms with Gasteiger partial charge in [-0.05, 0) is 0 Å². The van der Waals surface area contributed by atoms with Crippen LogP contribution in [-0.2, 0) is 24.4 Å². The van der Waals surface area contributed by atoms with Crippen LogP contribution in [0.25, 0.3) is 0 Å². The molecule has 0 rings (SSSR count). The summed E-state index contributed by atoms with van der Waals surface area (Å²) < 4.78 is 0. The van der Waals surface area contributed by atoms with E-state index in [-0.39, 0.29) is 13.6 Å². The Morgan fingerprint density at radius 3 is 2.33 bits per heavy atom. The standard InChI is InChI=1S/C3H8O6/c1-5-7-3-9-8-2-6-4/h4H,2-3H2,1H3. The lowest BCUT2D eigenvalue weighted by Gasteiger charge is -1.99. The largest absolute Gasteiger partial charge is 0.249 e. The molecule has 6 nitrogen and oxygen atoms in total. The second-order valence-electron chi connectivity index (χ2n) is 0.885. The van der Waals surface area contributed by atoms with Gasteiger partial charge in [0.25, 0.3) is 0 Å². The summed E-state index contributed by atoms with van der Waals surface area (Å²) in [6.07, 6.45) is 0. The van der Waals surface area contributed by atoms with Crippen molar-refractivity contribution in [2.75, 3.05) is 20.7 Å². The Morgan fingerprint density at radius 1 is 1.11 bits per heavy atom. The average Bonchev–Trinajstić information content (AvgIpc) is 1.89. The molecule has 0 heterocycles. The van der Waals surface area contributed by atoms with Crippen LogP contribution in [-0.4, -0.2) is 26.0 Å². The molecule has 0 aliphatic rings. The van der Waals surface area contributed by atoms with E-state index in [1.165, 1.54) is 7.11 Å². The Kier molecular flexibility index (Phi) is 7.55. The van der Waals surface area contributed by atoms with Crippen molar-refractivity contribution in [3.8, 4) is 0 Å². The van der Waals surface area contributed by atoms with Gasteiger partial charge in [-0.15, -0.1) is 0 Å². The van der Waals surface area contributed by atoms with Gasteiger partial charge in [-0.1, -0.05) is 0 Å². The molecule has 0 aromatic heterocycles. The highest BCUT2D eigenvalue weighted by atomic mass is 17.3. The van der Waals surface area contributed by atoms with Crippen LogP contribution in [0.15, 0.2) is 0 Å². The van der Waals surface area contributed by atoms with Crippen LogP contribution in [0.4, 0.5) is 0 Å². The van der Waals surface area contributed by atoms with Gasteiger partial charge in [0.1, 0.15) is 0 Å². The van der Waals surface area contributed by atoms with Gasteiger partial charge in [-0.2, -0.15) is 0 Å². The molecule has 1 N–H and O–H groups in total. The maximum Gasteiger partial charge on any atom is 0.214 e. The van der Waals surface area contributed by atoms with E-state index in [1.54, 1.807) is 0 Å². The molecule has 0 saturated heterocycles. The second kappa shape index (κ2) is 7.76. The normalized spacial score (nSPS) is 10.0. The summed E-state index contributed by atoms with van der Waals surface area (Å²) in [5.41, 5.74) is 0. The van der Waals surface area contributed by atoms with Crippen LogP contribution in [0.1, 0.15) is 0 Å². The molecule has 0 atom stereocenters. The van der Waals surface area contributed by atoms with Crippen LogP contribution in [0.5, 0.6) is 0 Å². The lowest BCUT2D eigenvalue weighted by molar-refractivity contribution is -0.453. The molecule has 9 heavy (non-hydrogen) atoms. The summed E-state index contributed by atoms with van der Waals surface area (Å²) >= 11 is 0. The quantitative estimate of drug-likeness (QED) is 0.241. The van der Waals surface area contributed by atoms with Gasteiger partial charge in [-0.3, -0.25) is 0 Å². The Balaban J connectivity index is 2.60. The van der Waals surface area contributed by atoms with E-state index in [1.807, 2.05) is 0 Å². The molecule has 56 valence electrons. The molecule has 0 saturated carbocycles. The maximum absolute atomic E-state index is 7.65. The summed E-state index contributed by atoms with van der Waals surface area (Å²) in [5, 5.41) is 7.65. The van der Waals surface area contributed by atoms with Crippen molar-refractivity contribution in [3.63, 3.8) is 0 Å². The van der Waals surface area contributed by atoms with Crippen LogP contribution in [0, 0.1) is 0 Å². The summed E-state index contributed by atoms with van der Waals surface area (Å²) in [6, 6.07) is 0. The summed E-state index contributed by atoms with van der Waals surface area (Å²) in [6.45, 7) is -0.549. The predicted octanol–water partition coefficient (Wildman–Crippen LogP) is -0.0828. The Bertz CT molecular complexity index is 41.6. The molecular formula is C3H8O6. The first kappa shape index (κ1) is 8.76. The van der Waals surface area contributed by atoms with Gasteiger partial charge in [0.05, 0.1) is 7.11 Å². The Hall–Kier alpha value is -0.240. The van der Waals surface area contributed by atoms with Gasteiger partial charge in [0.2, 0.25) is 13.6 Å². The van der Waals surface area contributed by atoms with E-state index in [4.69, 9.17) is 5.26 Å². The number of hydrogen-bond acceptors (Lipinski definition) is 6. The Morgan fingerprint density at radius 2 is 1.78 bits per heavy atom. The van der Waals surface area contributed by atoms with Gasteiger partial charge in [-0.25, -0.2) is 29.7 Å². The van der Waals surface area contributed by atoms with Gasteiger partial charge in [0, 0.05) is 0 Å². The average molecular weight is 140 g/mol. The van der Waals surface area contributed by atoms with E-state index < -0.39 is 0 Å². The van der Waals surface area contributed by atoms with Crippen molar-refractivity contribution in [1.82, 2.24) is 0 Å². The highest BCUT2D eigenvalue weighted by Crippen LogP contribution is 1.79. The van der Waals surface area contributed by atoms with Gasteiger partial charge < -0.3 is 0 Å². The van der Waals surface area contributed by atoms with Crippen LogP contribution in [0.3, 0.4) is 0 Å². The summed E-state index contributed by atoms with van der Waals surface area (Å²) in [4.78, 5) is 20.1. The number of rotatable bonds is 6. The molecule has 0 aromatic rings. The van der Waals surface area contributed by atoms with E-state index in [9.17, 15) is 0 Å². The zero-order valence-electron chi connectivity index (χ0n) is 4.90. The van der Waals surface area contributed by atoms with Gasteiger partial charge in [0.15, 0.2) is 0 Å². The molecule has 0 aromatic carbocycles. The van der Waals surface area contributed by atoms with Crippen LogP contribution < -0.4 is 0 Å². The lowest BCUT2D eigenvalue weighted by atomic mass is 11.5. The van der Waals surface area contributed by atoms with Crippen molar-refractivity contribution in [1.29, 1.82) is 0 Å². The van der Waals surface area contributed by atoms with Crippen molar-refractivity contribution >= 4 is 0 Å². The predicted molar refractivity (Wildman–Crippen MR) is 23.7 cm³/mol. The molecule has 6 heteroatoms. The van der Waals surface area contributed by atoms with Crippen molar-refractivity contribution in [3.05, 3.63) is 0 Å². The Labute approximate surface area is 51.6 Å². The van der Waals surface area contributed by atoms with Crippen molar-refractivity contribution < 1.29 is 29.7 Å². The molecule has 0 spiro atoms. The smallest absolute Gasteiger partial charge is 0.214 e. The highest BCUT2D eigenvalue weighted by Gasteiger charge is 1.85. The zero-order chi connectivity index (χ0) is 6.95. The van der Waals surface area contributed by atoms with Crippen LogP contribution in [0.2, 0.25) is 0 Å². The van der Waals surface area contributed by atoms with E-state index in [0.717, 1.165) is 0 Å². The summed E-state index contributed by atoms with van der Waals surface area (Å²) in [7, 11) is 1.33.